The predicted octanol–water partition coefficient (Wildman–Crippen LogP) is 0.887. The Kier molecular flexibility index (Phi) is 9.16. The van der Waals surface area contributed by atoms with Crippen molar-refractivity contribution in [2.24, 2.45) is 0 Å². The third-order valence-corrected chi connectivity index (χ3v) is 1.98. The molecule has 0 spiro atoms. The smallest absolute Gasteiger partial charge is 0.306 e. The lowest BCUT2D eigenvalue weighted by Gasteiger charge is -2.19. The summed E-state index contributed by atoms with van der Waals surface area (Å²) in [4.78, 5) is 22.8. The van der Waals surface area contributed by atoms with Crippen molar-refractivity contribution in [3.05, 3.63) is 0 Å². The van der Waals surface area contributed by atoms with E-state index in [1.54, 1.807) is 27.9 Å². The average molecular weight is 275 g/mol. The molecule has 0 saturated carbocycles. The highest BCUT2D eigenvalue weighted by Gasteiger charge is 2.16. The fraction of sp³-hybridized carbons (Fsp3) is 0.846. The highest BCUT2D eigenvalue weighted by Crippen LogP contribution is 2.08. The summed E-state index contributed by atoms with van der Waals surface area (Å²) >= 11 is 0. The Labute approximate surface area is 114 Å². The number of ether oxygens (including phenoxy) is 3. The van der Waals surface area contributed by atoms with Gasteiger partial charge in [-0.3, -0.25) is 9.59 Å². The quantitative estimate of drug-likeness (QED) is 0.499. The van der Waals surface area contributed by atoms with E-state index in [4.69, 9.17) is 14.2 Å². The molecule has 0 atom stereocenters. The molecule has 0 fully saturated rings. The maximum atomic E-state index is 11.4. The Morgan fingerprint density at radius 3 is 2.32 bits per heavy atom. The molecule has 112 valence electrons. The number of esters is 1. The Morgan fingerprint density at radius 1 is 1.05 bits per heavy atom. The molecule has 0 heterocycles. The van der Waals surface area contributed by atoms with Crippen LogP contribution in [-0.4, -0.2) is 51.0 Å². The van der Waals surface area contributed by atoms with Gasteiger partial charge in [-0.05, 0) is 20.8 Å². The standard InChI is InChI=1S/C13H25NO5/c1-13(2,3)19-12(16)6-5-11(15)14-7-8-18-10-9-17-4/h5-10H2,1-4H3,(H,14,15). The van der Waals surface area contributed by atoms with Gasteiger partial charge in [-0.1, -0.05) is 0 Å². The molecule has 19 heavy (non-hydrogen) atoms. The Balaban J connectivity index is 3.52. The molecule has 0 aromatic carbocycles. The topological polar surface area (TPSA) is 73.9 Å². The van der Waals surface area contributed by atoms with Gasteiger partial charge in [0.25, 0.3) is 0 Å². The zero-order chi connectivity index (χ0) is 14.7. The van der Waals surface area contributed by atoms with E-state index in [1.165, 1.54) is 0 Å². The Morgan fingerprint density at radius 2 is 1.74 bits per heavy atom. The van der Waals surface area contributed by atoms with E-state index in [0.717, 1.165) is 0 Å². The van der Waals surface area contributed by atoms with Crippen molar-refractivity contribution in [2.75, 3.05) is 33.5 Å². The molecule has 0 saturated heterocycles. The van der Waals surface area contributed by atoms with Crippen LogP contribution in [0.15, 0.2) is 0 Å². The fourth-order valence-electron chi connectivity index (χ4n) is 1.20. The molecule has 6 heteroatoms. The van der Waals surface area contributed by atoms with Gasteiger partial charge in [-0.25, -0.2) is 0 Å². The van der Waals surface area contributed by atoms with E-state index in [9.17, 15) is 9.59 Å². The van der Waals surface area contributed by atoms with Gasteiger partial charge in [-0.15, -0.1) is 0 Å². The van der Waals surface area contributed by atoms with Gasteiger partial charge in [0.05, 0.1) is 26.2 Å². The maximum Gasteiger partial charge on any atom is 0.306 e. The minimum absolute atomic E-state index is 0.0909. The molecular formula is C13H25NO5. The van der Waals surface area contributed by atoms with Gasteiger partial charge < -0.3 is 19.5 Å². The highest BCUT2D eigenvalue weighted by molar-refractivity contribution is 5.81. The van der Waals surface area contributed by atoms with Gasteiger partial charge in [0.2, 0.25) is 5.91 Å². The van der Waals surface area contributed by atoms with Gasteiger partial charge in [0.1, 0.15) is 5.60 Å². The summed E-state index contributed by atoms with van der Waals surface area (Å²) in [5.74, 6) is -0.541. The second-order valence-corrected chi connectivity index (χ2v) is 5.04. The molecule has 0 unspecified atom stereocenters. The first-order valence-corrected chi connectivity index (χ1v) is 6.40. The second kappa shape index (κ2) is 9.75. The van der Waals surface area contributed by atoms with Crippen molar-refractivity contribution >= 4 is 11.9 Å². The van der Waals surface area contributed by atoms with Crippen LogP contribution >= 0.6 is 0 Å². The largest absolute Gasteiger partial charge is 0.460 e. The molecule has 0 rings (SSSR count). The molecular weight excluding hydrogens is 250 g/mol. The van der Waals surface area contributed by atoms with E-state index in [-0.39, 0.29) is 24.7 Å². The first-order valence-electron chi connectivity index (χ1n) is 6.40. The number of hydrogen-bond donors (Lipinski definition) is 1. The summed E-state index contributed by atoms with van der Waals surface area (Å²) in [6.07, 6.45) is 0.223. The molecule has 0 bridgehead atoms. The summed E-state index contributed by atoms with van der Waals surface area (Å²) in [5, 5.41) is 2.67. The number of nitrogens with one attached hydrogen (secondary N) is 1. The lowest BCUT2D eigenvalue weighted by molar-refractivity contribution is -0.155. The average Bonchev–Trinajstić information content (AvgIpc) is 2.29. The van der Waals surface area contributed by atoms with Crippen LogP contribution in [0.5, 0.6) is 0 Å². The summed E-state index contributed by atoms with van der Waals surface area (Å²) in [6.45, 7) is 7.28. The van der Waals surface area contributed by atoms with Gasteiger partial charge in [0, 0.05) is 20.1 Å². The van der Waals surface area contributed by atoms with Crippen LogP contribution in [0, 0.1) is 0 Å². The van der Waals surface area contributed by atoms with Crippen molar-refractivity contribution in [3.8, 4) is 0 Å². The zero-order valence-corrected chi connectivity index (χ0v) is 12.3. The predicted molar refractivity (Wildman–Crippen MR) is 70.8 cm³/mol. The summed E-state index contributed by atoms with van der Waals surface area (Å²) < 4.78 is 15.1. The number of rotatable bonds is 9. The molecule has 0 radical (unpaired) electrons. The SMILES string of the molecule is COCCOCCNC(=O)CCC(=O)OC(C)(C)C. The second-order valence-electron chi connectivity index (χ2n) is 5.04. The minimum Gasteiger partial charge on any atom is -0.460 e. The van der Waals surface area contributed by atoms with Crippen molar-refractivity contribution in [1.29, 1.82) is 0 Å². The zero-order valence-electron chi connectivity index (χ0n) is 12.3. The Hall–Kier alpha value is -1.14. The molecule has 0 aromatic rings. The van der Waals surface area contributed by atoms with Crippen LogP contribution in [0.3, 0.4) is 0 Å². The van der Waals surface area contributed by atoms with Crippen LogP contribution in [0.1, 0.15) is 33.6 Å². The van der Waals surface area contributed by atoms with Crippen LogP contribution in [0.2, 0.25) is 0 Å². The van der Waals surface area contributed by atoms with E-state index < -0.39 is 5.60 Å². The Bertz CT molecular complexity index is 273. The van der Waals surface area contributed by atoms with E-state index in [0.29, 0.717) is 26.4 Å². The van der Waals surface area contributed by atoms with Crippen molar-refractivity contribution in [3.63, 3.8) is 0 Å². The number of hydrogen-bond acceptors (Lipinski definition) is 5. The lowest BCUT2D eigenvalue weighted by atomic mass is 10.2. The fourth-order valence-corrected chi connectivity index (χ4v) is 1.20. The lowest BCUT2D eigenvalue weighted by Crippen LogP contribution is -2.29. The number of carbonyl (C=O) groups is 2. The van der Waals surface area contributed by atoms with Crippen molar-refractivity contribution in [2.45, 2.75) is 39.2 Å². The monoisotopic (exact) mass is 275 g/mol. The van der Waals surface area contributed by atoms with Crippen LogP contribution < -0.4 is 5.32 Å². The van der Waals surface area contributed by atoms with Crippen LogP contribution in [0.25, 0.3) is 0 Å². The van der Waals surface area contributed by atoms with Crippen LogP contribution in [-0.2, 0) is 23.8 Å². The van der Waals surface area contributed by atoms with Crippen molar-refractivity contribution < 1.29 is 23.8 Å². The summed E-state index contributed by atoms with van der Waals surface area (Å²) in [7, 11) is 1.60. The molecule has 6 nitrogen and oxygen atoms in total. The van der Waals surface area contributed by atoms with E-state index >= 15 is 0 Å². The number of methoxy groups -OCH3 is 1. The normalized spacial score (nSPS) is 11.2. The summed E-state index contributed by atoms with van der Waals surface area (Å²) in [6, 6.07) is 0. The minimum atomic E-state index is -0.511. The molecule has 0 aliphatic carbocycles. The third kappa shape index (κ3) is 13.1. The molecule has 1 N–H and O–H groups in total. The molecule has 0 aliphatic heterocycles. The van der Waals surface area contributed by atoms with Crippen LogP contribution in [0.4, 0.5) is 0 Å². The summed E-state index contributed by atoms with van der Waals surface area (Å²) in [5.41, 5.74) is -0.511. The third-order valence-electron chi connectivity index (χ3n) is 1.98. The van der Waals surface area contributed by atoms with Gasteiger partial charge >= 0.3 is 5.97 Å². The van der Waals surface area contributed by atoms with Gasteiger partial charge in [0.15, 0.2) is 0 Å². The first kappa shape index (κ1) is 17.9. The number of amides is 1. The van der Waals surface area contributed by atoms with E-state index in [2.05, 4.69) is 5.32 Å². The highest BCUT2D eigenvalue weighted by atomic mass is 16.6. The van der Waals surface area contributed by atoms with Crippen molar-refractivity contribution in [1.82, 2.24) is 5.32 Å². The van der Waals surface area contributed by atoms with E-state index in [1.807, 2.05) is 0 Å². The molecule has 0 aliphatic rings. The molecule has 1 amide bonds. The first-order chi connectivity index (χ1) is 8.85. The number of carbonyl (C=O) groups excluding carboxylic acids is 2. The maximum absolute atomic E-state index is 11.4. The molecule has 0 aromatic heterocycles. The van der Waals surface area contributed by atoms with Gasteiger partial charge in [-0.2, -0.15) is 0 Å².